The lowest BCUT2D eigenvalue weighted by molar-refractivity contribution is 0.0746. The van der Waals surface area contributed by atoms with Gasteiger partial charge in [-0.25, -0.2) is 4.39 Å². The summed E-state index contributed by atoms with van der Waals surface area (Å²) >= 11 is 0. The van der Waals surface area contributed by atoms with Gasteiger partial charge in [-0.05, 0) is 49.8 Å². The highest BCUT2D eigenvalue weighted by molar-refractivity contribution is 5.95. The summed E-state index contributed by atoms with van der Waals surface area (Å²) in [5.41, 5.74) is 1.35. The molecule has 18 heavy (non-hydrogen) atoms. The van der Waals surface area contributed by atoms with Gasteiger partial charge < -0.3 is 4.90 Å². The molecule has 2 nitrogen and oxygen atoms in total. The van der Waals surface area contributed by atoms with Crippen LogP contribution in [0.1, 0.15) is 42.1 Å². The van der Waals surface area contributed by atoms with Gasteiger partial charge >= 0.3 is 0 Å². The summed E-state index contributed by atoms with van der Waals surface area (Å²) in [6.07, 6.45) is 3.37. The van der Waals surface area contributed by atoms with E-state index in [-0.39, 0.29) is 11.7 Å². The molecule has 1 aromatic carbocycles. The second-order valence-electron chi connectivity index (χ2n) is 5.15. The first-order chi connectivity index (χ1) is 8.61. The van der Waals surface area contributed by atoms with E-state index in [1.807, 2.05) is 11.8 Å². The lowest BCUT2D eigenvalue weighted by Gasteiger charge is -2.23. The maximum atomic E-state index is 13.3. The third-order valence-corrected chi connectivity index (χ3v) is 3.39. The van der Waals surface area contributed by atoms with Crippen molar-refractivity contribution >= 4 is 5.91 Å². The van der Waals surface area contributed by atoms with Crippen molar-refractivity contribution in [1.29, 1.82) is 0 Å². The number of hydrogen-bond acceptors (Lipinski definition) is 1. The SMILES string of the molecule is CCCN(CC1CC1)C(=O)c1cc(F)ccc1C. The van der Waals surface area contributed by atoms with Gasteiger partial charge in [0.15, 0.2) is 0 Å². The largest absolute Gasteiger partial charge is 0.338 e. The van der Waals surface area contributed by atoms with Crippen LogP contribution in [0, 0.1) is 18.7 Å². The monoisotopic (exact) mass is 249 g/mol. The molecule has 0 N–H and O–H groups in total. The van der Waals surface area contributed by atoms with Gasteiger partial charge in [0, 0.05) is 18.7 Å². The van der Waals surface area contributed by atoms with E-state index in [2.05, 4.69) is 6.92 Å². The molecule has 0 aromatic heterocycles. The standard InChI is InChI=1S/C15H20FNO/c1-3-8-17(10-12-5-6-12)15(18)14-9-13(16)7-4-11(14)2/h4,7,9,12H,3,5-6,8,10H2,1-2H3. The molecule has 0 heterocycles. The number of nitrogens with zero attached hydrogens (tertiary/aromatic N) is 1. The molecule has 1 amide bonds. The Morgan fingerprint density at radius 2 is 2.17 bits per heavy atom. The quantitative estimate of drug-likeness (QED) is 0.783. The van der Waals surface area contributed by atoms with Crippen LogP contribution in [0.15, 0.2) is 18.2 Å². The van der Waals surface area contributed by atoms with Crippen LogP contribution < -0.4 is 0 Å². The zero-order chi connectivity index (χ0) is 13.1. The molecule has 98 valence electrons. The second kappa shape index (κ2) is 5.51. The van der Waals surface area contributed by atoms with Crippen molar-refractivity contribution in [3.8, 4) is 0 Å². The predicted octanol–water partition coefficient (Wildman–Crippen LogP) is 3.40. The van der Waals surface area contributed by atoms with E-state index in [1.54, 1.807) is 6.07 Å². The van der Waals surface area contributed by atoms with Crippen LogP contribution in [0.4, 0.5) is 4.39 Å². The van der Waals surface area contributed by atoms with Gasteiger partial charge in [-0.1, -0.05) is 13.0 Å². The minimum absolute atomic E-state index is 0.0271. The van der Waals surface area contributed by atoms with E-state index in [4.69, 9.17) is 0 Å². The molecule has 0 atom stereocenters. The molecule has 1 aliphatic rings. The summed E-state index contributed by atoms with van der Waals surface area (Å²) in [6.45, 7) is 5.49. The zero-order valence-electron chi connectivity index (χ0n) is 11.1. The van der Waals surface area contributed by atoms with Crippen molar-refractivity contribution in [3.63, 3.8) is 0 Å². The number of halogens is 1. The van der Waals surface area contributed by atoms with Crippen molar-refractivity contribution in [2.24, 2.45) is 5.92 Å². The molecular weight excluding hydrogens is 229 g/mol. The molecule has 3 heteroatoms. The molecule has 2 rings (SSSR count). The molecule has 1 aromatic rings. The lowest BCUT2D eigenvalue weighted by Crippen LogP contribution is -2.34. The Labute approximate surface area is 108 Å². The first kappa shape index (κ1) is 13.1. The Kier molecular flexibility index (Phi) is 4.00. The second-order valence-corrected chi connectivity index (χ2v) is 5.15. The van der Waals surface area contributed by atoms with E-state index in [9.17, 15) is 9.18 Å². The first-order valence-electron chi connectivity index (χ1n) is 6.67. The Morgan fingerprint density at radius 3 is 2.78 bits per heavy atom. The summed E-state index contributed by atoms with van der Waals surface area (Å²) in [5.74, 6) is 0.293. The fourth-order valence-electron chi connectivity index (χ4n) is 2.15. The van der Waals surface area contributed by atoms with E-state index in [0.29, 0.717) is 11.5 Å². The molecule has 0 saturated heterocycles. The van der Waals surface area contributed by atoms with Gasteiger partial charge in [0.2, 0.25) is 0 Å². The fraction of sp³-hybridized carbons (Fsp3) is 0.533. The molecule has 0 spiro atoms. The van der Waals surface area contributed by atoms with Crippen molar-refractivity contribution in [3.05, 3.63) is 35.1 Å². The van der Waals surface area contributed by atoms with Crippen LogP contribution in [0.5, 0.6) is 0 Å². The molecule has 0 aliphatic heterocycles. The average Bonchev–Trinajstić information content (AvgIpc) is 3.15. The molecule has 1 saturated carbocycles. The number of aryl methyl sites for hydroxylation is 1. The third-order valence-electron chi connectivity index (χ3n) is 3.39. The van der Waals surface area contributed by atoms with Crippen molar-refractivity contribution < 1.29 is 9.18 Å². The Hall–Kier alpha value is -1.38. The predicted molar refractivity (Wildman–Crippen MR) is 70.1 cm³/mol. The maximum Gasteiger partial charge on any atom is 0.254 e. The molecule has 0 unspecified atom stereocenters. The summed E-state index contributed by atoms with van der Waals surface area (Å²) in [5, 5.41) is 0. The van der Waals surface area contributed by atoms with E-state index >= 15 is 0 Å². The van der Waals surface area contributed by atoms with Gasteiger partial charge in [0.1, 0.15) is 5.82 Å². The average molecular weight is 249 g/mol. The van der Waals surface area contributed by atoms with Crippen LogP contribution >= 0.6 is 0 Å². The number of carbonyl (C=O) groups excluding carboxylic acids is 1. The highest BCUT2D eigenvalue weighted by Gasteiger charge is 2.27. The summed E-state index contributed by atoms with van der Waals surface area (Å²) < 4.78 is 13.3. The highest BCUT2D eigenvalue weighted by atomic mass is 19.1. The zero-order valence-corrected chi connectivity index (χ0v) is 11.1. The van der Waals surface area contributed by atoms with Crippen molar-refractivity contribution in [1.82, 2.24) is 4.90 Å². The van der Waals surface area contributed by atoms with Crippen LogP contribution in [-0.4, -0.2) is 23.9 Å². The fourth-order valence-corrected chi connectivity index (χ4v) is 2.15. The Morgan fingerprint density at radius 1 is 1.44 bits per heavy atom. The highest BCUT2D eigenvalue weighted by Crippen LogP contribution is 2.30. The van der Waals surface area contributed by atoms with E-state index in [1.165, 1.54) is 25.0 Å². The lowest BCUT2D eigenvalue weighted by atomic mass is 10.1. The minimum atomic E-state index is -0.341. The number of carbonyl (C=O) groups is 1. The molecule has 0 radical (unpaired) electrons. The number of amides is 1. The molecule has 1 aliphatic carbocycles. The summed E-state index contributed by atoms with van der Waals surface area (Å²) in [7, 11) is 0. The normalized spacial score (nSPS) is 14.6. The topological polar surface area (TPSA) is 20.3 Å². The van der Waals surface area contributed by atoms with Crippen LogP contribution in [0.3, 0.4) is 0 Å². The van der Waals surface area contributed by atoms with Crippen molar-refractivity contribution in [2.45, 2.75) is 33.1 Å². The number of benzene rings is 1. The molecule has 1 fully saturated rings. The first-order valence-corrected chi connectivity index (χ1v) is 6.67. The molecular formula is C15H20FNO. The van der Waals surface area contributed by atoms with Gasteiger partial charge in [-0.15, -0.1) is 0 Å². The van der Waals surface area contributed by atoms with Crippen LogP contribution in [0.25, 0.3) is 0 Å². The number of hydrogen-bond donors (Lipinski definition) is 0. The van der Waals surface area contributed by atoms with Gasteiger partial charge in [-0.2, -0.15) is 0 Å². The van der Waals surface area contributed by atoms with Gasteiger partial charge in [0.05, 0.1) is 0 Å². The van der Waals surface area contributed by atoms with Gasteiger partial charge in [-0.3, -0.25) is 4.79 Å². The van der Waals surface area contributed by atoms with E-state index < -0.39 is 0 Å². The van der Waals surface area contributed by atoms with Crippen molar-refractivity contribution in [2.75, 3.05) is 13.1 Å². The van der Waals surface area contributed by atoms with E-state index in [0.717, 1.165) is 25.1 Å². The maximum absolute atomic E-state index is 13.3. The molecule has 0 bridgehead atoms. The summed E-state index contributed by atoms with van der Waals surface area (Å²) in [6, 6.07) is 4.42. The smallest absolute Gasteiger partial charge is 0.254 e. The Balaban J connectivity index is 2.17. The number of rotatable bonds is 5. The van der Waals surface area contributed by atoms with Crippen LogP contribution in [-0.2, 0) is 0 Å². The third kappa shape index (κ3) is 3.09. The van der Waals surface area contributed by atoms with Gasteiger partial charge in [0.25, 0.3) is 5.91 Å². The minimum Gasteiger partial charge on any atom is -0.338 e. The van der Waals surface area contributed by atoms with Crippen LogP contribution in [0.2, 0.25) is 0 Å². The Bertz CT molecular complexity index is 440. The summed E-state index contributed by atoms with van der Waals surface area (Å²) in [4.78, 5) is 14.3.